The molecule has 6 nitrogen and oxygen atoms in total. The van der Waals surface area contributed by atoms with Crippen molar-refractivity contribution in [1.29, 1.82) is 0 Å². The molecule has 0 bridgehead atoms. The van der Waals surface area contributed by atoms with Gasteiger partial charge in [-0.25, -0.2) is 0 Å². The number of amides is 1. The molecule has 168 valence electrons. The van der Waals surface area contributed by atoms with Crippen LogP contribution in [0.25, 0.3) is 0 Å². The number of anilines is 1. The van der Waals surface area contributed by atoms with Crippen LogP contribution in [0.1, 0.15) is 36.8 Å². The lowest BCUT2D eigenvalue weighted by Gasteiger charge is -2.16. The number of nitrogens with zero attached hydrogens (tertiary/aromatic N) is 2. The van der Waals surface area contributed by atoms with Gasteiger partial charge in [-0.05, 0) is 56.0 Å². The maximum atomic E-state index is 11.8. The second kappa shape index (κ2) is 13.2. The molecule has 0 spiro atoms. The van der Waals surface area contributed by atoms with E-state index in [9.17, 15) is 4.79 Å². The average Bonchev–Trinajstić information content (AvgIpc) is 3.20. The lowest BCUT2D eigenvalue weighted by atomic mass is 10.2. The summed E-state index contributed by atoms with van der Waals surface area (Å²) in [4.78, 5) is 18.0. The van der Waals surface area contributed by atoms with Gasteiger partial charge in [0.1, 0.15) is 5.75 Å². The summed E-state index contributed by atoms with van der Waals surface area (Å²) < 4.78 is 5.75. The predicted molar refractivity (Wildman–Crippen MR) is 138 cm³/mol. The molecule has 0 atom stereocenters. The van der Waals surface area contributed by atoms with Gasteiger partial charge in [-0.3, -0.25) is 9.79 Å². The first-order valence-electron chi connectivity index (χ1n) is 10.7. The minimum absolute atomic E-state index is 0. The third-order valence-electron chi connectivity index (χ3n) is 5.16. The average molecular weight is 536 g/mol. The van der Waals surface area contributed by atoms with Crippen LogP contribution < -0.4 is 20.3 Å². The Morgan fingerprint density at radius 1 is 1.06 bits per heavy atom. The van der Waals surface area contributed by atoms with Crippen molar-refractivity contribution in [3.05, 3.63) is 59.7 Å². The highest BCUT2D eigenvalue weighted by Crippen LogP contribution is 2.21. The van der Waals surface area contributed by atoms with Gasteiger partial charge in [0.15, 0.2) is 5.96 Å². The van der Waals surface area contributed by atoms with E-state index >= 15 is 0 Å². The van der Waals surface area contributed by atoms with Gasteiger partial charge < -0.3 is 20.3 Å². The Bertz CT molecular complexity index is 838. The molecule has 3 rings (SSSR count). The largest absolute Gasteiger partial charge is 0.494 e. The molecule has 2 aromatic carbocycles. The Morgan fingerprint density at radius 3 is 2.45 bits per heavy atom. The molecule has 0 unspecified atom stereocenters. The van der Waals surface area contributed by atoms with Gasteiger partial charge >= 0.3 is 0 Å². The molecular weight excluding hydrogens is 503 g/mol. The summed E-state index contributed by atoms with van der Waals surface area (Å²) in [7, 11) is 1.78. The van der Waals surface area contributed by atoms with Crippen LogP contribution in [-0.4, -0.2) is 38.6 Å². The fraction of sp³-hybridized carbons (Fsp3) is 0.417. The minimum atomic E-state index is 0. The van der Waals surface area contributed by atoms with E-state index < -0.39 is 0 Å². The van der Waals surface area contributed by atoms with Crippen LogP contribution in [0.15, 0.2) is 53.5 Å². The van der Waals surface area contributed by atoms with Gasteiger partial charge in [-0.15, -0.1) is 24.0 Å². The van der Waals surface area contributed by atoms with E-state index in [1.54, 1.807) is 7.05 Å². The van der Waals surface area contributed by atoms with Gasteiger partial charge in [0.2, 0.25) is 5.91 Å². The summed E-state index contributed by atoms with van der Waals surface area (Å²) in [6.45, 7) is 5.13. The van der Waals surface area contributed by atoms with E-state index in [0.29, 0.717) is 19.6 Å². The first-order valence-corrected chi connectivity index (χ1v) is 10.7. The molecule has 1 aliphatic rings. The third kappa shape index (κ3) is 8.05. The molecular formula is C24H33IN4O2. The number of unbranched alkanes of at least 4 members (excludes halogenated alkanes) is 1. The molecule has 0 radical (unpaired) electrons. The standard InChI is InChI=1S/C24H32N4O2.HI/c1-19-7-13-22(14-8-19)30-17-4-3-15-26-24(25-2)27-18-20-9-11-21(12-10-20)28-16-5-6-23(28)29;/h7-14H,3-6,15-18H2,1-2H3,(H2,25,26,27);1H. The Morgan fingerprint density at radius 2 is 1.81 bits per heavy atom. The number of aryl methyl sites for hydroxylation is 1. The van der Waals surface area contributed by atoms with Gasteiger partial charge in [0, 0.05) is 38.8 Å². The zero-order valence-corrected chi connectivity index (χ0v) is 20.7. The quantitative estimate of drug-likeness (QED) is 0.218. The number of nitrogens with one attached hydrogen (secondary N) is 2. The van der Waals surface area contributed by atoms with E-state index in [0.717, 1.165) is 55.3 Å². The van der Waals surface area contributed by atoms with Crippen molar-refractivity contribution < 1.29 is 9.53 Å². The highest BCUT2D eigenvalue weighted by molar-refractivity contribution is 14.0. The highest BCUT2D eigenvalue weighted by Gasteiger charge is 2.21. The van der Waals surface area contributed by atoms with Crippen molar-refractivity contribution in [1.82, 2.24) is 10.6 Å². The van der Waals surface area contributed by atoms with E-state index in [4.69, 9.17) is 4.74 Å². The van der Waals surface area contributed by atoms with Gasteiger partial charge in [0.25, 0.3) is 0 Å². The van der Waals surface area contributed by atoms with Crippen molar-refractivity contribution in [3.8, 4) is 5.75 Å². The van der Waals surface area contributed by atoms with E-state index in [-0.39, 0.29) is 29.9 Å². The molecule has 1 saturated heterocycles. The zero-order valence-electron chi connectivity index (χ0n) is 18.4. The second-order valence-corrected chi connectivity index (χ2v) is 7.54. The molecule has 1 aliphatic heterocycles. The Hall–Kier alpha value is -2.29. The monoisotopic (exact) mass is 536 g/mol. The topological polar surface area (TPSA) is 66.0 Å². The second-order valence-electron chi connectivity index (χ2n) is 7.54. The summed E-state index contributed by atoms with van der Waals surface area (Å²) in [6, 6.07) is 16.3. The van der Waals surface area contributed by atoms with Crippen molar-refractivity contribution in [2.24, 2.45) is 4.99 Å². The summed E-state index contributed by atoms with van der Waals surface area (Å²) in [5.74, 6) is 1.93. The van der Waals surface area contributed by atoms with Crippen LogP contribution >= 0.6 is 24.0 Å². The number of carbonyl (C=O) groups is 1. The van der Waals surface area contributed by atoms with E-state index in [1.807, 2.05) is 29.2 Å². The van der Waals surface area contributed by atoms with Crippen molar-refractivity contribution >= 4 is 41.5 Å². The molecule has 0 saturated carbocycles. The van der Waals surface area contributed by atoms with Gasteiger partial charge in [-0.1, -0.05) is 29.8 Å². The summed E-state index contributed by atoms with van der Waals surface area (Å²) >= 11 is 0. The first-order chi connectivity index (χ1) is 14.7. The molecule has 1 amide bonds. The summed E-state index contributed by atoms with van der Waals surface area (Å²) in [5.41, 5.74) is 3.37. The van der Waals surface area contributed by atoms with Crippen LogP contribution in [0.3, 0.4) is 0 Å². The number of hydrogen-bond acceptors (Lipinski definition) is 3. The smallest absolute Gasteiger partial charge is 0.227 e. The van der Waals surface area contributed by atoms with Crippen LogP contribution in [0.5, 0.6) is 5.75 Å². The molecule has 1 fully saturated rings. The zero-order chi connectivity index (χ0) is 21.2. The fourth-order valence-corrected chi connectivity index (χ4v) is 3.38. The molecule has 0 aliphatic carbocycles. The molecule has 2 aromatic rings. The lowest BCUT2D eigenvalue weighted by Crippen LogP contribution is -2.37. The van der Waals surface area contributed by atoms with Crippen molar-refractivity contribution in [2.45, 2.75) is 39.2 Å². The van der Waals surface area contributed by atoms with Gasteiger partial charge in [-0.2, -0.15) is 0 Å². The van der Waals surface area contributed by atoms with Crippen LogP contribution in [0.2, 0.25) is 0 Å². The number of ether oxygens (including phenoxy) is 1. The summed E-state index contributed by atoms with van der Waals surface area (Å²) in [5, 5.41) is 6.67. The minimum Gasteiger partial charge on any atom is -0.494 e. The predicted octanol–water partition coefficient (Wildman–Crippen LogP) is 4.26. The van der Waals surface area contributed by atoms with E-state index in [2.05, 4.69) is 46.8 Å². The maximum Gasteiger partial charge on any atom is 0.227 e. The highest BCUT2D eigenvalue weighted by atomic mass is 127. The first kappa shape index (κ1) is 25.0. The molecule has 1 heterocycles. The SMILES string of the molecule is CN=C(NCCCCOc1ccc(C)cc1)NCc1ccc(N2CCCC2=O)cc1.I. The Labute approximate surface area is 202 Å². The Kier molecular flexibility index (Phi) is 10.6. The Balaban J connectivity index is 0.00000341. The van der Waals surface area contributed by atoms with Crippen molar-refractivity contribution in [2.75, 3.05) is 31.6 Å². The molecule has 2 N–H and O–H groups in total. The maximum absolute atomic E-state index is 11.8. The number of carbonyl (C=O) groups excluding carboxylic acids is 1. The fourth-order valence-electron chi connectivity index (χ4n) is 3.38. The number of benzene rings is 2. The molecule has 7 heteroatoms. The van der Waals surface area contributed by atoms with Crippen LogP contribution in [0.4, 0.5) is 5.69 Å². The summed E-state index contributed by atoms with van der Waals surface area (Å²) in [6.07, 6.45) is 3.59. The van der Waals surface area contributed by atoms with Crippen molar-refractivity contribution in [3.63, 3.8) is 0 Å². The van der Waals surface area contributed by atoms with Crippen LogP contribution in [-0.2, 0) is 11.3 Å². The number of rotatable bonds is 9. The number of guanidine groups is 1. The van der Waals surface area contributed by atoms with E-state index in [1.165, 1.54) is 5.56 Å². The lowest BCUT2D eigenvalue weighted by molar-refractivity contribution is -0.117. The number of halogens is 1. The molecule has 31 heavy (non-hydrogen) atoms. The van der Waals surface area contributed by atoms with Gasteiger partial charge in [0.05, 0.1) is 6.61 Å². The number of hydrogen-bond donors (Lipinski definition) is 2. The molecule has 0 aromatic heterocycles. The number of aliphatic imine (C=N–C) groups is 1. The normalized spacial score (nSPS) is 13.7. The third-order valence-corrected chi connectivity index (χ3v) is 5.16. The van der Waals surface area contributed by atoms with Crippen LogP contribution in [0, 0.1) is 6.92 Å².